The van der Waals surface area contributed by atoms with Crippen LogP contribution in [0.2, 0.25) is 0 Å². The van der Waals surface area contributed by atoms with Gasteiger partial charge in [-0.05, 0) is 47.9 Å². The second-order valence-electron chi connectivity index (χ2n) is 5.61. The fourth-order valence-electron chi connectivity index (χ4n) is 2.23. The van der Waals surface area contributed by atoms with Crippen molar-refractivity contribution in [2.24, 2.45) is 0 Å². The Morgan fingerprint density at radius 1 is 1.05 bits per heavy atom. The van der Waals surface area contributed by atoms with Gasteiger partial charge in [-0.2, -0.15) is 0 Å². The van der Waals surface area contributed by atoms with Crippen molar-refractivity contribution in [3.05, 3.63) is 59.7 Å². The molecule has 0 aliphatic carbocycles. The Kier molecular flexibility index (Phi) is 5.59. The summed E-state index contributed by atoms with van der Waals surface area (Å²) in [5, 5.41) is 3.29. The van der Waals surface area contributed by atoms with Gasteiger partial charge in [-0.15, -0.1) is 0 Å². The van der Waals surface area contributed by atoms with Crippen molar-refractivity contribution in [2.75, 3.05) is 19.0 Å². The van der Waals surface area contributed by atoms with E-state index in [4.69, 9.17) is 4.74 Å². The monoisotopic (exact) mass is 297 g/mol. The molecular formula is C19H23NO2. The predicted molar refractivity (Wildman–Crippen MR) is 91.0 cm³/mol. The Labute approximate surface area is 132 Å². The van der Waals surface area contributed by atoms with Gasteiger partial charge in [0.2, 0.25) is 0 Å². The molecule has 3 nitrogen and oxygen atoms in total. The minimum Gasteiger partial charge on any atom is -0.497 e. The van der Waals surface area contributed by atoms with Crippen LogP contribution in [0, 0.1) is 0 Å². The Morgan fingerprint density at radius 3 is 2.23 bits per heavy atom. The molecule has 2 aromatic carbocycles. The van der Waals surface area contributed by atoms with Crippen LogP contribution >= 0.6 is 0 Å². The first-order valence-corrected chi connectivity index (χ1v) is 7.61. The summed E-state index contributed by atoms with van der Waals surface area (Å²) in [6.45, 7) is 4.98. The van der Waals surface area contributed by atoms with E-state index >= 15 is 0 Å². The summed E-state index contributed by atoms with van der Waals surface area (Å²) in [4.78, 5) is 12.1. The van der Waals surface area contributed by atoms with Crippen LogP contribution in [0.25, 0.3) is 0 Å². The highest BCUT2D eigenvalue weighted by Gasteiger charge is 2.06. The summed E-state index contributed by atoms with van der Waals surface area (Å²) in [5.41, 5.74) is 3.09. The number of ether oxygens (including phenoxy) is 1. The summed E-state index contributed by atoms with van der Waals surface area (Å²) in [7, 11) is 1.62. The van der Waals surface area contributed by atoms with Crippen molar-refractivity contribution in [1.29, 1.82) is 0 Å². The quantitative estimate of drug-likeness (QED) is 0.764. The van der Waals surface area contributed by atoms with Gasteiger partial charge in [0.1, 0.15) is 5.75 Å². The van der Waals surface area contributed by atoms with Gasteiger partial charge in [-0.3, -0.25) is 4.79 Å². The largest absolute Gasteiger partial charge is 0.497 e. The van der Waals surface area contributed by atoms with E-state index in [9.17, 15) is 4.79 Å². The summed E-state index contributed by atoms with van der Waals surface area (Å²) >= 11 is 0. The molecule has 22 heavy (non-hydrogen) atoms. The third kappa shape index (κ3) is 4.35. The summed E-state index contributed by atoms with van der Waals surface area (Å²) in [5.74, 6) is 1.43. The molecule has 0 aliphatic rings. The molecule has 0 aliphatic heterocycles. The molecule has 0 amide bonds. The average molecular weight is 297 g/mol. The number of hydrogen-bond acceptors (Lipinski definition) is 3. The average Bonchev–Trinajstić information content (AvgIpc) is 2.55. The number of nitrogens with one attached hydrogen (secondary N) is 1. The number of benzene rings is 2. The molecule has 0 radical (unpaired) electrons. The van der Waals surface area contributed by atoms with Gasteiger partial charge in [0.25, 0.3) is 0 Å². The van der Waals surface area contributed by atoms with Crippen LogP contribution in [0.15, 0.2) is 48.5 Å². The Morgan fingerprint density at radius 2 is 1.68 bits per heavy atom. The smallest absolute Gasteiger partial charge is 0.164 e. The molecule has 0 fully saturated rings. The lowest BCUT2D eigenvalue weighted by Gasteiger charge is -2.09. The van der Waals surface area contributed by atoms with Gasteiger partial charge in [-0.1, -0.05) is 26.0 Å². The zero-order valence-corrected chi connectivity index (χ0v) is 13.4. The molecule has 0 spiro atoms. The molecular weight excluding hydrogens is 274 g/mol. The van der Waals surface area contributed by atoms with Crippen LogP contribution in [0.3, 0.4) is 0 Å². The lowest BCUT2D eigenvalue weighted by molar-refractivity contribution is 0.0986. The van der Waals surface area contributed by atoms with Gasteiger partial charge < -0.3 is 10.1 Å². The Hall–Kier alpha value is -2.29. The number of methoxy groups -OCH3 is 1. The van der Waals surface area contributed by atoms with Gasteiger partial charge in [0, 0.05) is 24.2 Å². The van der Waals surface area contributed by atoms with Gasteiger partial charge >= 0.3 is 0 Å². The van der Waals surface area contributed by atoms with Crippen molar-refractivity contribution >= 4 is 11.5 Å². The zero-order valence-electron chi connectivity index (χ0n) is 13.4. The Bertz CT molecular complexity index is 600. The van der Waals surface area contributed by atoms with Gasteiger partial charge in [-0.25, -0.2) is 0 Å². The second kappa shape index (κ2) is 7.64. The fourth-order valence-corrected chi connectivity index (χ4v) is 2.23. The minimum absolute atomic E-state index is 0.133. The molecule has 0 saturated carbocycles. The molecule has 0 atom stereocenters. The maximum atomic E-state index is 12.1. The molecule has 0 aromatic heterocycles. The molecule has 0 unspecified atom stereocenters. The number of rotatable bonds is 7. The highest BCUT2D eigenvalue weighted by atomic mass is 16.5. The molecule has 0 saturated heterocycles. The third-order valence-corrected chi connectivity index (χ3v) is 3.67. The number of Topliss-reactive ketones (excluding diaryl/α,β-unsaturated/α-hetero) is 1. The lowest BCUT2D eigenvalue weighted by Crippen LogP contribution is -2.09. The standard InChI is InChI=1S/C19H23NO2/c1-14(2)15-4-8-17(9-5-15)20-13-12-19(21)16-6-10-18(22-3)11-7-16/h4-11,14,20H,12-13H2,1-3H3. The van der Waals surface area contributed by atoms with E-state index < -0.39 is 0 Å². The van der Waals surface area contributed by atoms with Gasteiger partial charge in [0.05, 0.1) is 7.11 Å². The van der Waals surface area contributed by atoms with Crippen molar-refractivity contribution in [1.82, 2.24) is 0 Å². The van der Waals surface area contributed by atoms with Crippen LogP contribution in [-0.4, -0.2) is 19.4 Å². The summed E-state index contributed by atoms with van der Waals surface area (Å²) in [6.07, 6.45) is 0.470. The molecule has 3 heteroatoms. The van der Waals surface area contributed by atoms with E-state index in [2.05, 4.69) is 43.4 Å². The number of ketones is 1. The van der Waals surface area contributed by atoms with Crippen LogP contribution < -0.4 is 10.1 Å². The molecule has 2 aromatic rings. The normalized spacial score (nSPS) is 10.5. The highest BCUT2D eigenvalue weighted by Crippen LogP contribution is 2.17. The second-order valence-corrected chi connectivity index (χ2v) is 5.61. The first-order chi connectivity index (χ1) is 10.6. The maximum Gasteiger partial charge on any atom is 0.164 e. The number of carbonyl (C=O) groups excluding carboxylic acids is 1. The van der Waals surface area contributed by atoms with Gasteiger partial charge in [0.15, 0.2) is 5.78 Å². The predicted octanol–water partition coefficient (Wildman–Crippen LogP) is 4.50. The van der Waals surface area contributed by atoms with Crippen molar-refractivity contribution in [2.45, 2.75) is 26.2 Å². The van der Waals surface area contributed by atoms with E-state index in [-0.39, 0.29) is 5.78 Å². The number of anilines is 1. The van der Waals surface area contributed by atoms with Crippen LogP contribution in [0.4, 0.5) is 5.69 Å². The van der Waals surface area contributed by atoms with E-state index in [0.717, 1.165) is 17.0 Å². The summed E-state index contributed by atoms with van der Waals surface area (Å²) in [6, 6.07) is 15.6. The minimum atomic E-state index is 0.133. The molecule has 0 bridgehead atoms. The summed E-state index contributed by atoms with van der Waals surface area (Å²) < 4.78 is 5.09. The lowest BCUT2D eigenvalue weighted by atomic mass is 10.0. The first kappa shape index (κ1) is 16.1. The third-order valence-electron chi connectivity index (χ3n) is 3.67. The van der Waals surface area contributed by atoms with E-state index in [1.807, 2.05) is 12.1 Å². The van der Waals surface area contributed by atoms with E-state index in [1.54, 1.807) is 19.2 Å². The fraction of sp³-hybridized carbons (Fsp3) is 0.316. The zero-order chi connectivity index (χ0) is 15.9. The van der Waals surface area contributed by atoms with Crippen LogP contribution in [0.5, 0.6) is 5.75 Å². The molecule has 116 valence electrons. The number of hydrogen-bond donors (Lipinski definition) is 1. The molecule has 1 N–H and O–H groups in total. The maximum absolute atomic E-state index is 12.1. The van der Waals surface area contributed by atoms with Crippen LogP contribution in [-0.2, 0) is 0 Å². The van der Waals surface area contributed by atoms with E-state index in [0.29, 0.717) is 18.9 Å². The SMILES string of the molecule is COc1ccc(C(=O)CCNc2ccc(C(C)C)cc2)cc1. The van der Waals surface area contributed by atoms with Crippen molar-refractivity contribution in [3.63, 3.8) is 0 Å². The Balaban J connectivity index is 1.83. The first-order valence-electron chi connectivity index (χ1n) is 7.61. The van der Waals surface area contributed by atoms with Crippen LogP contribution in [0.1, 0.15) is 42.1 Å². The highest BCUT2D eigenvalue weighted by molar-refractivity contribution is 5.96. The molecule has 0 heterocycles. The van der Waals surface area contributed by atoms with Crippen molar-refractivity contribution < 1.29 is 9.53 Å². The molecule has 2 rings (SSSR count). The topological polar surface area (TPSA) is 38.3 Å². The van der Waals surface area contributed by atoms with Crippen molar-refractivity contribution in [3.8, 4) is 5.75 Å². The van der Waals surface area contributed by atoms with E-state index in [1.165, 1.54) is 5.56 Å². The number of carbonyl (C=O) groups is 1.